The van der Waals surface area contributed by atoms with Gasteiger partial charge in [-0.1, -0.05) is 146 Å². The van der Waals surface area contributed by atoms with Crippen molar-refractivity contribution in [2.24, 2.45) is 23.3 Å². The SMILES string of the molecule is CO[C@@H]1[C@H](N(C)C(=O)CCC(=O)NCCC(=O)NCCC(=O)NCCC(=O)NCCC(=O)NCCC(=O)N[C@H]2CSSC[C@@H](C(=O)NCC(N)=O)NC(=O)CNC(=O)[C@H](Cc3ccccc3)NC(=O)[C@H](C(C)C)NC(=O)[C@H](CCCNC(=N)N)NC(=O)[C@H](Cc3ccccc3)NC(=O)[C@H](C(C)C)NC2=O)C[C@H]2O[C@]1(C)n1c3ccccc3c3c4c(c5c6ccccc6n2c5c31)C(=O)NC4. The van der Waals surface area contributed by atoms with Crippen LogP contribution in [0.3, 0.4) is 0 Å². The number of nitrogens with one attached hydrogen (secondary N) is 17. The van der Waals surface area contributed by atoms with Gasteiger partial charge in [-0.05, 0) is 60.4 Å². The van der Waals surface area contributed by atoms with Gasteiger partial charge in [0.1, 0.15) is 54.6 Å². The Morgan fingerprint density at radius 3 is 1.57 bits per heavy atom. The molecule has 6 heterocycles. The van der Waals surface area contributed by atoms with Gasteiger partial charge in [0.05, 0.1) is 46.8 Å². The summed E-state index contributed by atoms with van der Waals surface area (Å²) in [6, 6.07) is 22.6. The molecule has 17 amide bonds. The molecule has 0 saturated carbocycles. The number of benzene rings is 5. The van der Waals surface area contributed by atoms with Crippen LogP contribution in [0.1, 0.15) is 132 Å². The van der Waals surface area contributed by atoms with E-state index in [1.54, 1.807) is 107 Å². The highest BCUT2D eigenvalue weighted by molar-refractivity contribution is 8.76. The maximum absolute atomic E-state index is 14.8. The molecule has 0 radical (unpaired) electrons. The number of nitrogens with two attached hydrogens (primary N) is 2. The molecule has 2 fully saturated rings. The van der Waals surface area contributed by atoms with Gasteiger partial charge in [0.25, 0.3) is 5.91 Å². The maximum atomic E-state index is 14.8. The normalized spacial score (nSPS) is 21.5. The fraction of sp³-hybridized carbons (Fsp3) is 0.473. The Kier molecular flexibility index (Phi) is 35.7. The minimum Gasteiger partial charge on any atom is -0.374 e. The van der Waals surface area contributed by atoms with Gasteiger partial charge in [-0.15, -0.1) is 0 Å². The Balaban J connectivity index is 0.636. The summed E-state index contributed by atoms with van der Waals surface area (Å²) >= 11 is 0. The minimum atomic E-state index is -1.48. The van der Waals surface area contributed by atoms with Gasteiger partial charge >= 0.3 is 0 Å². The second-order valence-corrected chi connectivity index (χ2v) is 36.6. The molecule has 5 aromatic carbocycles. The lowest BCUT2D eigenvalue weighted by molar-refractivity contribution is -0.266. The van der Waals surface area contributed by atoms with Crippen molar-refractivity contribution in [2.75, 3.05) is 78.0 Å². The molecule has 0 spiro atoms. The number of carbonyl (C=O) groups excluding carboxylic acids is 17. The van der Waals surface area contributed by atoms with Crippen molar-refractivity contribution in [3.05, 3.63) is 131 Å². The van der Waals surface area contributed by atoms with E-state index in [2.05, 4.69) is 94.2 Å². The number of ether oxygens (including phenoxy) is 2. The van der Waals surface area contributed by atoms with Crippen LogP contribution in [-0.2, 0) is 111 Å². The van der Waals surface area contributed by atoms with Crippen LogP contribution >= 0.6 is 21.6 Å². The third-order valence-corrected chi connectivity index (χ3v) is 26.1. The fourth-order valence-corrected chi connectivity index (χ4v) is 19.3. The molecule has 134 heavy (non-hydrogen) atoms. The van der Waals surface area contributed by atoms with Crippen molar-refractivity contribution in [3.8, 4) is 0 Å². The monoisotopic (exact) mass is 1890 g/mol. The summed E-state index contributed by atoms with van der Waals surface area (Å²) < 4.78 is 18.0. The summed E-state index contributed by atoms with van der Waals surface area (Å²) in [5.74, 6) is -13.8. The van der Waals surface area contributed by atoms with Crippen molar-refractivity contribution in [1.29, 1.82) is 5.41 Å². The summed E-state index contributed by atoms with van der Waals surface area (Å²) in [6.07, 6.45) is -2.66. The zero-order valence-corrected chi connectivity index (χ0v) is 77.3. The minimum absolute atomic E-state index is 0.0538. The van der Waals surface area contributed by atoms with Gasteiger partial charge in [0.2, 0.25) is 94.5 Å². The van der Waals surface area contributed by atoms with Gasteiger partial charge in [-0.25, -0.2) is 0 Å². The molecular weight excluding hydrogens is 1770 g/mol. The van der Waals surface area contributed by atoms with Crippen LogP contribution in [0.25, 0.3) is 43.6 Å². The molecule has 0 unspecified atom stereocenters. The van der Waals surface area contributed by atoms with E-state index < -0.39 is 186 Å². The van der Waals surface area contributed by atoms with Crippen LogP contribution in [0.15, 0.2) is 109 Å². The molecule has 718 valence electrons. The third kappa shape index (κ3) is 25.9. The number of para-hydroxylation sites is 2. The van der Waals surface area contributed by atoms with E-state index in [0.29, 0.717) is 29.7 Å². The zero-order valence-electron chi connectivity index (χ0n) is 75.7. The molecular formula is C91H118N22O19S2. The summed E-state index contributed by atoms with van der Waals surface area (Å²) in [7, 11) is 5.16. The van der Waals surface area contributed by atoms with E-state index in [1.807, 2.05) is 55.5 Å². The number of amides is 17. The van der Waals surface area contributed by atoms with Crippen molar-refractivity contribution >= 4 is 172 Å². The number of likely N-dealkylation sites (N-methyl/N-ethyl adjacent to an activating group) is 1. The van der Waals surface area contributed by atoms with Crippen molar-refractivity contribution in [1.82, 2.24) is 99.1 Å². The first-order chi connectivity index (χ1) is 64.1. The van der Waals surface area contributed by atoms with E-state index in [9.17, 15) is 81.5 Å². The van der Waals surface area contributed by atoms with E-state index >= 15 is 0 Å². The fourth-order valence-electron chi connectivity index (χ4n) is 17.0. The van der Waals surface area contributed by atoms with E-state index in [-0.39, 0.29) is 133 Å². The Labute approximate surface area is 780 Å². The van der Waals surface area contributed by atoms with Gasteiger partial charge in [0.15, 0.2) is 11.7 Å². The van der Waals surface area contributed by atoms with E-state index in [4.69, 9.17) is 26.4 Å². The lowest BCUT2D eigenvalue weighted by Crippen LogP contribution is -2.61. The van der Waals surface area contributed by atoms with Crippen LogP contribution in [0, 0.1) is 17.2 Å². The number of methoxy groups -OCH3 is 1. The largest absolute Gasteiger partial charge is 0.374 e. The summed E-state index contributed by atoms with van der Waals surface area (Å²) in [5, 5.41) is 53.7. The predicted octanol–water partition coefficient (Wildman–Crippen LogP) is -0.528. The number of fused-ring (bicyclic) bond motifs is 13. The number of aromatic nitrogens is 2. The molecule has 4 aliphatic heterocycles. The second-order valence-electron chi connectivity index (χ2n) is 34.0. The van der Waals surface area contributed by atoms with Crippen LogP contribution in [0.5, 0.6) is 0 Å². The standard InChI is InChI=1S/C91H118N22O19S2/c1-49(2)77-88(129)107-57(41-51-19-10-8-11-20-51)82(123)103-46-71(121)105-59(83(124)102-45-64(92)114)47-133-134-48-60(86(127)110-78(50(3)4)89(130)108-58(42-52-21-12-9-13-22-52)85(126)106-56(84(125)109-77)25-18-35-100-90(93)94)104-70(120)34-40-99-69(119)33-39-98-68(118)32-38-97-67(117)31-37-96-66(116)30-36-95-65(115)28-29-72(122)111(6)63-43-73-112-61-26-16-14-23-53(61)75-76-55(44-101-87(76)128)74-54-24-15-17-27-62(54)113(80(74)79(75)112)91(5,132-73)81(63)131-7/h8-17,19-24,26-27,49-50,56-60,63,73,77-78,81H,18,25,28-48H2,1-7H3,(H2,92,114)(H,95,115)(H,96,116)(H,97,117)(H,98,118)(H,99,119)(H,101,128)(H,102,124)(H,103,123)(H,104,120)(H,105,121)(H,106,126)(H,107,129)(H,108,130)(H,109,125)(H,110,127)(H4,93,94,100)/t56-,57-,58-,59-,60-,63+,73+,77-,78-,81+,91-/m0/s1. The number of carbonyl (C=O) groups is 17. The third-order valence-electron chi connectivity index (χ3n) is 23.7. The smallest absolute Gasteiger partial charge is 0.252 e. The summed E-state index contributed by atoms with van der Waals surface area (Å²) in [5.41, 5.74) is 15.9. The molecule has 2 saturated heterocycles. The average molecular weight is 1890 g/mol. The van der Waals surface area contributed by atoms with Crippen LogP contribution in [0.4, 0.5) is 0 Å². The predicted molar refractivity (Wildman–Crippen MR) is 499 cm³/mol. The summed E-state index contributed by atoms with van der Waals surface area (Å²) in [4.78, 5) is 235. The number of hydrogen-bond donors (Lipinski definition) is 19. The molecule has 4 aliphatic rings. The number of hydrogen-bond acceptors (Lipinski definition) is 22. The molecule has 2 aromatic heterocycles. The molecule has 0 aliphatic carbocycles. The Morgan fingerprint density at radius 2 is 1.03 bits per heavy atom. The number of primary amides is 1. The number of guanidine groups is 1. The first-order valence-electron chi connectivity index (χ1n) is 44.6. The zero-order chi connectivity index (χ0) is 96.6. The highest BCUT2D eigenvalue weighted by atomic mass is 33.1. The molecule has 43 heteroatoms. The van der Waals surface area contributed by atoms with Gasteiger partial charge in [-0.2, -0.15) is 0 Å². The Bertz CT molecular complexity index is 5580. The van der Waals surface area contributed by atoms with Crippen molar-refractivity contribution < 1.29 is 91.0 Å². The second kappa shape index (κ2) is 47.3. The molecule has 21 N–H and O–H groups in total. The molecule has 7 aromatic rings. The van der Waals surface area contributed by atoms with Crippen LogP contribution in [-0.4, -0.2) is 253 Å². The van der Waals surface area contributed by atoms with Crippen molar-refractivity contribution in [3.63, 3.8) is 0 Å². The highest BCUT2D eigenvalue weighted by Crippen LogP contribution is 2.54. The van der Waals surface area contributed by atoms with Gasteiger partial charge in [-0.3, -0.25) is 86.9 Å². The molecule has 2 bridgehead atoms. The van der Waals surface area contributed by atoms with Gasteiger partial charge < -0.3 is 120 Å². The Morgan fingerprint density at radius 1 is 0.537 bits per heavy atom. The number of nitrogens with zero attached hydrogens (tertiary/aromatic N) is 3. The quantitative estimate of drug-likeness (QED) is 0.0104. The van der Waals surface area contributed by atoms with Crippen molar-refractivity contribution in [2.45, 2.75) is 185 Å². The highest BCUT2D eigenvalue weighted by Gasteiger charge is 2.55. The first-order valence-corrected chi connectivity index (χ1v) is 47.1. The lowest BCUT2D eigenvalue weighted by atomic mass is 9.91. The van der Waals surface area contributed by atoms with E-state index in [1.165, 1.54) is 0 Å². The molecule has 11 atom stereocenters. The molecule has 41 nitrogen and oxygen atoms in total. The topological polar surface area (TPSA) is 590 Å². The average Bonchev–Trinajstić information content (AvgIpc) is 1.50. The maximum Gasteiger partial charge on any atom is 0.252 e. The number of rotatable bonds is 34. The van der Waals surface area contributed by atoms with Gasteiger partial charge in [0, 0.05) is 157 Å². The van der Waals surface area contributed by atoms with Crippen LogP contribution < -0.4 is 96.5 Å². The van der Waals surface area contributed by atoms with Crippen LogP contribution in [0.2, 0.25) is 0 Å². The molecule has 11 rings (SSSR count). The summed E-state index contributed by atoms with van der Waals surface area (Å²) in [6.45, 7) is 6.88. The Hall–Kier alpha value is -13.4. The van der Waals surface area contributed by atoms with E-state index in [0.717, 1.165) is 70.8 Å². The first kappa shape index (κ1) is 101. The lowest BCUT2D eigenvalue weighted by Gasteiger charge is -2.50.